The number of rotatable bonds is 6. The van der Waals surface area contributed by atoms with Crippen LogP contribution in [0.15, 0.2) is 24.3 Å². The van der Waals surface area contributed by atoms with E-state index in [4.69, 9.17) is 9.84 Å². The molecule has 1 rings (SSSR count). The molecule has 0 heterocycles. The number of aliphatic carboxylic acids is 1. The third-order valence-corrected chi connectivity index (χ3v) is 2.45. The van der Waals surface area contributed by atoms with Gasteiger partial charge in [0.05, 0.1) is 6.10 Å². The lowest BCUT2D eigenvalue weighted by Gasteiger charge is -2.16. The van der Waals surface area contributed by atoms with Crippen LogP contribution < -0.4 is 4.74 Å². The molecule has 16 heavy (non-hydrogen) atoms. The van der Waals surface area contributed by atoms with Gasteiger partial charge in [-0.05, 0) is 31.4 Å². The van der Waals surface area contributed by atoms with Crippen LogP contribution >= 0.6 is 0 Å². The summed E-state index contributed by atoms with van der Waals surface area (Å²) >= 11 is 0. The van der Waals surface area contributed by atoms with Gasteiger partial charge in [-0.15, -0.1) is 0 Å². The highest BCUT2D eigenvalue weighted by atomic mass is 16.5. The maximum absolute atomic E-state index is 10.4. The van der Waals surface area contributed by atoms with E-state index in [0.29, 0.717) is 6.42 Å². The van der Waals surface area contributed by atoms with Gasteiger partial charge in [-0.25, -0.2) is 0 Å². The van der Waals surface area contributed by atoms with Gasteiger partial charge >= 0.3 is 5.97 Å². The second-order valence-electron chi connectivity index (χ2n) is 3.82. The van der Waals surface area contributed by atoms with Crippen molar-refractivity contribution in [2.45, 2.75) is 39.2 Å². The molecule has 3 nitrogen and oxygen atoms in total. The number of carboxylic acids is 1. The largest absolute Gasteiger partial charge is 0.490 e. The van der Waals surface area contributed by atoms with Crippen molar-refractivity contribution in [3.05, 3.63) is 29.8 Å². The quantitative estimate of drug-likeness (QED) is 0.805. The molecule has 0 saturated carbocycles. The molecule has 88 valence electrons. The van der Waals surface area contributed by atoms with Crippen LogP contribution in [0.3, 0.4) is 0 Å². The first-order valence-electron chi connectivity index (χ1n) is 5.59. The van der Waals surface area contributed by atoms with Gasteiger partial charge in [-0.2, -0.15) is 0 Å². The highest BCUT2D eigenvalue weighted by Gasteiger charge is 2.08. The van der Waals surface area contributed by atoms with Crippen LogP contribution in [-0.2, 0) is 11.2 Å². The van der Waals surface area contributed by atoms with Crippen LogP contribution in [0.1, 0.15) is 32.3 Å². The van der Waals surface area contributed by atoms with Gasteiger partial charge in [0.2, 0.25) is 0 Å². The van der Waals surface area contributed by atoms with Crippen molar-refractivity contribution in [1.29, 1.82) is 0 Å². The van der Waals surface area contributed by atoms with Gasteiger partial charge in [-0.3, -0.25) is 4.79 Å². The lowest BCUT2D eigenvalue weighted by molar-refractivity contribution is -0.137. The van der Waals surface area contributed by atoms with E-state index < -0.39 is 5.97 Å². The molecule has 0 amide bonds. The maximum Gasteiger partial charge on any atom is 0.303 e. The summed E-state index contributed by atoms with van der Waals surface area (Å²) in [6, 6.07) is 7.86. The number of hydrogen-bond acceptors (Lipinski definition) is 2. The standard InChI is InChI=1S/C13H18O3/c1-3-11-6-4-5-7-12(11)16-10(2)8-9-13(14)15/h4-7,10H,3,8-9H2,1-2H3,(H,14,15). The second-order valence-corrected chi connectivity index (χ2v) is 3.82. The van der Waals surface area contributed by atoms with Gasteiger partial charge in [0.15, 0.2) is 0 Å². The average Bonchev–Trinajstić information content (AvgIpc) is 2.27. The summed E-state index contributed by atoms with van der Waals surface area (Å²) in [7, 11) is 0. The van der Waals surface area contributed by atoms with Crippen LogP contribution in [-0.4, -0.2) is 17.2 Å². The van der Waals surface area contributed by atoms with E-state index in [9.17, 15) is 4.79 Å². The van der Waals surface area contributed by atoms with E-state index >= 15 is 0 Å². The Labute approximate surface area is 96.1 Å². The van der Waals surface area contributed by atoms with Crippen molar-refractivity contribution in [3.63, 3.8) is 0 Å². The Hall–Kier alpha value is -1.51. The summed E-state index contributed by atoms with van der Waals surface area (Å²) < 4.78 is 5.72. The van der Waals surface area contributed by atoms with Gasteiger partial charge in [-0.1, -0.05) is 25.1 Å². The summed E-state index contributed by atoms with van der Waals surface area (Å²) in [6.45, 7) is 3.97. The Morgan fingerprint density at radius 2 is 2.12 bits per heavy atom. The van der Waals surface area contributed by atoms with Crippen molar-refractivity contribution < 1.29 is 14.6 Å². The van der Waals surface area contributed by atoms with E-state index in [1.165, 1.54) is 0 Å². The average molecular weight is 222 g/mol. The van der Waals surface area contributed by atoms with Crippen LogP contribution in [0.2, 0.25) is 0 Å². The Kier molecular flexibility index (Phi) is 4.83. The molecule has 0 radical (unpaired) electrons. The highest BCUT2D eigenvalue weighted by Crippen LogP contribution is 2.20. The number of benzene rings is 1. The number of ether oxygens (including phenoxy) is 1. The predicted molar refractivity (Wildman–Crippen MR) is 62.8 cm³/mol. The van der Waals surface area contributed by atoms with Crippen LogP contribution in [0.5, 0.6) is 5.75 Å². The minimum absolute atomic E-state index is 0.0659. The summed E-state index contributed by atoms with van der Waals surface area (Å²) in [5.41, 5.74) is 1.16. The highest BCUT2D eigenvalue weighted by molar-refractivity contribution is 5.66. The number of carboxylic acid groups (broad SMARTS) is 1. The summed E-state index contributed by atoms with van der Waals surface area (Å²) in [6.07, 6.45) is 1.54. The minimum atomic E-state index is -0.778. The van der Waals surface area contributed by atoms with Crippen LogP contribution in [0, 0.1) is 0 Å². The minimum Gasteiger partial charge on any atom is -0.490 e. The molecule has 0 aliphatic rings. The van der Waals surface area contributed by atoms with Crippen molar-refractivity contribution in [2.24, 2.45) is 0 Å². The Balaban J connectivity index is 2.55. The molecule has 1 unspecified atom stereocenters. The zero-order valence-electron chi connectivity index (χ0n) is 9.77. The monoisotopic (exact) mass is 222 g/mol. The third kappa shape index (κ3) is 3.93. The number of aryl methyl sites for hydroxylation is 1. The third-order valence-electron chi connectivity index (χ3n) is 2.45. The van der Waals surface area contributed by atoms with E-state index in [1.807, 2.05) is 31.2 Å². The maximum atomic E-state index is 10.4. The van der Waals surface area contributed by atoms with Crippen molar-refractivity contribution in [1.82, 2.24) is 0 Å². The molecule has 0 spiro atoms. The molecule has 0 bridgehead atoms. The molecule has 1 N–H and O–H groups in total. The Bertz CT molecular complexity index is 347. The lowest BCUT2D eigenvalue weighted by Crippen LogP contribution is -2.14. The summed E-state index contributed by atoms with van der Waals surface area (Å²) in [5, 5.41) is 8.57. The van der Waals surface area contributed by atoms with Crippen LogP contribution in [0.4, 0.5) is 0 Å². The number of hydrogen-bond donors (Lipinski definition) is 1. The predicted octanol–water partition coefficient (Wildman–Crippen LogP) is 2.88. The SMILES string of the molecule is CCc1ccccc1OC(C)CCC(=O)O. The van der Waals surface area contributed by atoms with Gasteiger partial charge in [0.1, 0.15) is 5.75 Å². The molecule has 0 aliphatic heterocycles. The topological polar surface area (TPSA) is 46.5 Å². The number of para-hydroxylation sites is 1. The molecule has 0 fully saturated rings. The van der Waals surface area contributed by atoms with Crippen LogP contribution in [0.25, 0.3) is 0 Å². The van der Waals surface area contributed by atoms with Crippen molar-refractivity contribution >= 4 is 5.97 Å². The summed E-state index contributed by atoms with van der Waals surface area (Å²) in [4.78, 5) is 10.4. The van der Waals surface area contributed by atoms with E-state index in [2.05, 4.69) is 6.92 Å². The second kappa shape index (κ2) is 6.16. The number of carbonyl (C=O) groups is 1. The fourth-order valence-electron chi connectivity index (χ4n) is 1.51. The Morgan fingerprint density at radius 1 is 1.44 bits per heavy atom. The molecular formula is C13H18O3. The molecule has 0 saturated heterocycles. The lowest BCUT2D eigenvalue weighted by atomic mass is 10.1. The fourth-order valence-corrected chi connectivity index (χ4v) is 1.51. The Morgan fingerprint density at radius 3 is 2.75 bits per heavy atom. The molecule has 0 aromatic heterocycles. The van der Waals surface area contributed by atoms with Crippen molar-refractivity contribution in [3.8, 4) is 5.75 Å². The first kappa shape index (κ1) is 12.6. The molecular weight excluding hydrogens is 204 g/mol. The van der Waals surface area contributed by atoms with Gasteiger partial charge < -0.3 is 9.84 Å². The zero-order chi connectivity index (χ0) is 12.0. The van der Waals surface area contributed by atoms with Crippen molar-refractivity contribution in [2.75, 3.05) is 0 Å². The van der Waals surface area contributed by atoms with Gasteiger partial charge in [0.25, 0.3) is 0 Å². The smallest absolute Gasteiger partial charge is 0.303 e. The zero-order valence-corrected chi connectivity index (χ0v) is 9.77. The first-order chi connectivity index (χ1) is 7.63. The molecule has 1 aromatic carbocycles. The molecule has 0 aliphatic carbocycles. The van der Waals surface area contributed by atoms with E-state index in [1.54, 1.807) is 0 Å². The van der Waals surface area contributed by atoms with E-state index in [-0.39, 0.29) is 12.5 Å². The fraction of sp³-hybridized carbons (Fsp3) is 0.462. The first-order valence-corrected chi connectivity index (χ1v) is 5.59. The molecule has 1 atom stereocenters. The molecule has 1 aromatic rings. The van der Waals surface area contributed by atoms with Gasteiger partial charge in [0, 0.05) is 6.42 Å². The normalized spacial score (nSPS) is 12.1. The summed E-state index contributed by atoms with van der Waals surface area (Å²) in [5.74, 6) is 0.0853. The van der Waals surface area contributed by atoms with E-state index in [0.717, 1.165) is 17.7 Å². The molecule has 3 heteroatoms.